The van der Waals surface area contributed by atoms with Gasteiger partial charge >= 0.3 is 0 Å². The molecule has 0 atom stereocenters. The Hall–Kier alpha value is -1.67. The summed E-state index contributed by atoms with van der Waals surface area (Å²) in [6.45, 7) is 6.03. The molecule has 1 aromatic rings. The normalized spacial score (nSPS) is 10.4. The second-order valence-electron chi connectivity index (χ2n) is 4.55. The van der Waals surface area contributed by atoms with Crippen LogP contribution in [0.25, 0.3) is 0 Å². The van der Waals surface area contributed by atoms with Crippen LogP contribution in [0, 0.1) is 23.1 Å². The van der Waals surface area contributed by atoms with Gasteiger partial charge in [0.05, 0.1) is 11.3 Å². The summed E-state index contributed by atoms with van der Waals surface area (Å²) in [4.78, 5) is 10.2. The van der Waals surface area contributed by atoms with E-state index in [1.165, 1.54) is 12.1 Å². The van der Waals surface area contributed by atoms with Crippen molar-refractivity contribution in [3.63, 3.8) is 0 Å². The highest BCUT2D eigenvalue weighted by Crippen LogP contribution is 2.19. The number of carbonyl (C=O) groups excluding carboxylic acids is 1. The quantitative estimate of drug-likeness (QED) is 0.490. The average molecular weight is 253 g/mol. The maximum Gasteiger partial charge on any atom is 0.211 e. The van der Waals surface area contributed by atoms with E-state index in [1.807, 2.05) is 19.6 Å². The van der Waals surface area contributed by atoms with Gasteiger partial charge in [0.25, 0.3) is 0 Å². The summed E-state index contributed by atoms with van der Waals surface area (Å²) >= 11 is 0. The molecule has 0 aromatic heterocycles. The minimum absolute atomic E-state index is 0.0152. The average Bonchev–Trinajstić information content (AvgIpc) is 2.23. The topological polar surface area (TPSA) is 29.1 Å². The van der Waals surface area contributed by atoms with Crippen LogP contribution in [0.2, 0.25) is 19.6 Å². The summed E-state index contributed by atoms with van der Waals surface area (Å²) in [7, 11) is -1.63. The van der Waals surface area contributed by atoms with E-state index < -0.39 is 19.7 Å². The van der Waals surface area contributed by atoms with Gasteiger partial charge in [-0.15, -0.1) is 5.54 Å². The van der Waals surface area contributed by atoms with Crippen LogP contribution in [-0.4, -0.2) is 14.5 Å². The first kappa shape index (κ1) is 13.4. The van der Waals surface area contributed by atoms with Crippen LogP contribution in [0.1, 0.15) is 5.56 Å². The van der Waals surface area contributed by atoms with E-state index in [9.17, 15) is 13.6 Å². The zero-order chi connectivity index (χ0) is 13.1. The van der Waals surface area contributed by atoms with Crippen LogP contribution >= 0.6 is 0 Å². The standard InChI is InChI=1S/C12H13F2NOSi/c1-17(2,3)7-6-9-4-5-10(15-8-16)12(14)11(9)13/h4-5,8H,1-3H3,(H,15,16). The lowest BCUT2D eigenvalue weighted by atomic mass is 10.2. The third-order valence-corrected chi connectivity index (χ3v) is 2.74. The maximum absolute atomic E-state index is 13.5. The molecule has 0 bridgehead atoms. The molecule has 5 heteroatoms. The predicted octanol–water partition coefficient (Wildman–Crippen LogP) is 2.76. The predicted molar refractivity (Wildman–Crippen MR) is 66.3 cm³/mol. The molecular formula is C12H13F2NOSi. The monoisotopic (exact) mass is 253 g/mol. The molecule has 0 saturated carbocycles. The third kappa shape index (κ3) is 3.68. The van der Waals surface area contributed by atoms with Gasteiger partial charge in [-0.05, 0) is 12.1 Å². The Morgan fingerprint density at radius 3 is 2.41 bits per heavy atom. The Morgan fingerprint density at radius 1 is 1.24 bits per heavy atom. The summed E-state index contributed by atoms with van der Waals surface area (Å²) < 4.78 is 27.0. The van der Waals surface area contributed by atoms with Gasteiger partial charge < -0.3 is 5.32 Å². The lowest BCUT2D eigenvalue weighted by Crippen LogP contribution is -2.16. The first-order chi connectivity index (χ1) is 7.85. The van der Waals surface area contributed by atoms with E-state index in [-0.39, 0.29) is 11.3 Å². The van der Waals surface area contributed by atoms with Crippen molar-refractivity contribution in [3.05, 3.63) is 29.3 Å². The van der Waals surface area contributed by atoms with E-state index >= 15 is 0 Å². The molecule has 0 spiro atoms. The highest BCUT2D eigenvalue weighted by Gasteiger charge is 2.13. The van der Waals surface area contributed by atoms with Crippen LogP contribution in [0.4, 0.5) is 14.5 Å². The number of anilines is 1. The van der Waals surface area contributed by atoms with Crippen molar-refractivity contribution in [3.8, 4) is 11.5 Å². The van der Waals surface area contributed by atoms with Crippen LogP contribution in [0.3, 0.4) is 0 Å². The number of benzene rings is 1. The fraction of sp³-hybridized carbons (Fsp3) is 0.250. The van der Waals surface area contributed by atoms with Gasteiger partial charge in [-0.2, -0.15) is 0 Å². The van der Waals surface area contributed by atoms with Gasteiger partial charge in [0.1, 0.15) is 8.07 Å². The zero-order valence-electron chi connectivity index (χ0n) is 9.90. The molecule has 1 rings (SSSR count). The minimum atomic E-state index is -1.63. The highest BCUT2D eigenvalue weighted by molar-refractivity contribution is 6.83. The number of rotatable bonds is 2. The molecule has 90 valence electrons. The molecule has 0 radical (unpaired) electrons. The summed E-state index contributed by atoms with van der Waals surface area (Å²) in [6.07, 6.45) is 0.297. The summed E-state index contributed by atoms with van der Waals surface area (Å²) in [5.41, 5.74) is 2.78. The number of hydrogen-bond donors (Lipinski definition) is 1. The Kier molecular flexibility index (Phi) is 4.02. The SMILES string of the molecule is C[Si](C)(C)C#Cc1ccc(NC=O)c(F)c1F. The molecule has 1 N–H and O–H groups in total. The number of halogens is 2. The second-order valence-corrected chi connectivity index (χ2v) is 9.30. The van der Waals surface area contributed by atoms with Crippen LogP contribution in [0.15, 0.2) is 12.1 Å². The molecule has 0 aliphatic rings. The third-order valence-electron chi connectivity index (χ3n) is 1.87. The fourth-order valence-corrected chi connectivity index (χ4v) is 1.59. The lowest BCUT2D eigenvalue weighted by molar-refractivity contribution is -0.105. The molecule has 1 aromatic carbocycles. The second kappa shape index (κ2) is 5.10. The minimum Gasteiger partial charge on any atom is -0.326 e. The zero-order valence-corrected chi connectivity index (χ0v) is 10.9. The van der Waals surface area contributed by atoms with E-state index in [1.54, 1.807) is 0 Å². The molecular weight excluding hydrogens is 240 g/mol. The van der Waals surface area contributed by atoms with Gasteiger partial charge in [-0.1, -0.05) is 25.6 Å². The van der Waals surface area contributed by atoms with E-state index in [0.29, 0.717) is 6.41 Å². The van der Waals surface area contributed by atoms with Gasteiger partial charge in [0.2, 0.25) is 6.41 Å². The Balaban J connectivity index is 3.16. The molecule has 0 saturated heterocycles. The van der Waals surface area contributed by atoms with Crippen molar-refractivity contribution in [1.82, 2.24) is 0 Å². The van der Waals surface area contributed by atoms with Crippen molar-refractivity contribution in [2.75, 3.05) is 5.32 Å². The smallest absolute Gasteiger partial charge is 0.211 e. The summed E-state index contributed by atoms with van der Waals surface area (Å²) in [5, 5.41) is 2.08. The van der Waals surface area contributed by atoms with Crippen molar-refractivity contribution < 1.29 is 13.6 Å². The van der Waals surface area contributed by atoms with Crippen LogP contribution < -0.4 is 5.32 Å². The molecule has 0 unspecified atom stereocenters. The van der Waals surface area contributed by atoms with Crippen LogP contribution in [0.5, 0.6) is 0 Å². The molecule has 0 heterocycles. The number of carbonyl (C=O) groups is 1. The summed E-state index contributed by atoms with van der Waals surface area (Å²) in [6, 6.07) is 2.65. The number of nitrogens with one attached hydrogen (secondary N) is 1. The van der Waals surface area contributed by atoms with Crippen LogP contribution in [-0.2, 0) is 4.79 Å². The largest absolute Gasteiger partial charge is 0.326 e. The first-order valence-corrected chi connectivity index (χ1v) is 8.56. The van der Waals surface area contributed by atoms with E-state index in [2.05, 4.69) is 16.8 Å². The molecule has 0 aliphatic carbocycles. The molecule has 0 aliphatic heterocycles. The van der Waals surface area contributed by atoms with Gasteiger partial charge in [0, 0.05) is 0 Å². The van der Waals surface area contributed by atoms with Crippen molar-refractivity contribution in [2.24, 2.45) is 0 Å². The van der Waals surface area contributed by atoms with Crippen molar-refractivity contribution in [1.29, 1.82) is 0 Å². The Labute approximate surface area is 100 Å². The number of hydrogen-bond acceptors (Lipinski definition) is 1. The Morgan fingerprint density at radius 2 is 1.88 bits per heavy atom. The summed E-state index contributed by atoms with van der Waals surface area (Å²) in [5.74, 6) is 0.534. The number of amides is 1. The molecule has 17 heavy (non-hydrogen) atoms. The van der Waals surface area contributed by atoms with Gasteiger partial charge in [-0.3, -0.25) is 4.79 Å². The molecule has 1 amide bonds. The van der Waals surface area contributed by atoms with Gasteiger partial charge in [-0.25, -0.2) is 8.78 Å². The lowest BCUT2D eigenvalue weighted by Gasteiger charge is -2.05. The maximum atomic E-state index is 13.5. The van der Waals surface area contributed by atoms with Crippen molar-refractivity contribution >= 4 is 20.2 Å². The molecule has 2 nitrogen and oxygen atoms in total. The van der Waals surface area contributed by atoms with E-state index in [4.69, 9.17) is 0 Å². The van der Waals surface area contributed by atoms with E-state index in [0.717, 1.165) is 0 Å². The van der Waals surface area contributed by atoms with Crippen molar-refractivity contribution in [2.45, 2.75) is 19.6 Å². The Bertz CT molecular complexity index is 498. The molecule has 0 fully saturated rings. The fourth-order valence-electron chi connectivity index (χ4n) is 1.08. The first-order valence-electron chi connectivity index (χ1n) is 5.06. The van der Waals surface area contributed by atoms with Gasteiger partial charge in [0.15, 0.2) is 11.6 Å². The highest BCUT2D eigenvalue weighted by atomic mass is 28.3.